The molecule has 0 aromatic heterocycles. The molecular formula is C9H11FO. The van der Waals surface area contributed by atoms with Gasteiger partial charge in [-0.2, -0.15) is 0 Å². The zero-order chi connectivity index (χ0) is 8.27. The molecule has 1 nitrogen and oxygen atoms in total. The van der Waals surface area contributed by atoms with Crippen molar-refractivity contribution in [3.8, 4) is 0 Å². The van der Waals surface area contributed by atoms with E-state index in [0.29, 0.717) is 0 Å². The van der Waals surface area contributed by atoms with Crippen LogP contribution in [0.2, 0.25) is 0 Å². The van der Waals surface area contributed by atoms with Crippen LogP contribution in [0, 0.1) is 5.82 Å². The van der Waals surface area contributed by atoms with Gasteiger partial charge in [0.25, 0.3) is 0 Å². The summed E-state index contributed by atoms with van der Waals surface area (Å²) in [5, 5.41) is 8.76. The molecule has 0 aliphatic carbocycles. The number of hydrogen-bond donors (Lipinski definition) is 1. The van der Waals surface area contributed by atoms with Gasteiger partial charge in [0.2, 0.25) is 0 Å². The molecule has 0 amide bonds. The van der Waals surface area contributed by atoms with Crippen molar-refractivity contribution >= 4 is 0 Å². The number of aliphatic hydroxyl groups excluding tert-OH is 1. The highest BCUT2D eigenvalue weighted by Gasteiger charge is 2.02. The fraction of sp³-hybridized carbons (Fsp3) is 0.333. The maximum atomic E-state index is 12.4. The SMILES string of the molecule is C[C@@H](CO)c1ccc(F)cc1. The second kappa shape index (κ2) is 3.49. The summed E-state index contributed by atoms with van der Waals surface area (Å²) in [6.07, 6.45) is 0. The van der Waals surface area contributed by atoms with E-state index in [2.05, 4.69) is 0 Å². The monoisotopic (exact) mass is 154 g/mol. The normalized spacial score (nSPS) is 13.0. The fourth-order valence-electron chi connectivity index (χ4n) is 0.897. The highest BCUT2D eigenvalue weighted by Crippen LogP contribution is 2.13. The first-order valence-corrected chi connectivity index (χ1v) is 3.60. The second-order valence-corrected chi connectivity index (χ2v) is 2.64. The Bertz CT molecular complexity index is 218. The van der Waals surface area contributed by atoms with Crippen LogP contribution in [-0.2, 0) is 0 Å². The summed E-state index contributed by atoms with van der Waals surface area (Å²) in [5.41, 5.74) is 0.967. The summed E-state index contributed by atoms with van der Waals surface area (Å²) in [4.78, 5) is 0. The van der Waals surface area contributed by atoms with Gasteiger partial charge in [0, 0.05) is 12.5 Å². The Morgan fingerprint density at radius 2 is 1.91 bits per heavy atom. The number of halogens is 1. The highest BCUT2D eigenvalue weighted by atomic mass is 19.1. The van der Waals surface area contributed by atoms with Crippen LogP contribution >= 0.6 is 0 Å². The largest absolute Gasteiger partial charge is 0.396 e. The van der Waals surface area contributed by atoms with E-state index in [1.165, 1.54) is 12.1 Å². The van der Waals surface area contributed by atoms with Crippen molar-refractivity contribution in [1.82, 2.24) is 0 Å². The van der Waals surface area contributed by atoms with Gasteiger partial charge in [0.1, 0.15) is 5.82 Å². The van der Waals surface area contributed by atoms with E-state index < -0.39 is 0 Å². The molecule has 1 N–H and O–H groups in total. The molecule has 2 heteroatoms. The van der Waals surface area contributed by atoms with Crippen LogP contribution in [-0.4, -0.2) is 11.7 Å². The Balaban J connectivity index is 2.81. The first kappa shape index (κ1) is 8.21. The van der Waals surface area contributed by atoms with Gasteiger partial charge in [-0.15, -0.1) is 0 Å². The molecule has 0 unspecified atom stereocenters. The van der Waals surface area contributed by atoms with Crippen molar-refractivity contribution in [2.24, 2.45) is 0 Å². The summed E-state index contributed by atoms with van der Waals surface area (Å²) < 4.78 is 12.4. The van der Waals surface area contributed by atoms with Gasteiger partial charge in [0.15, 0.2) is 0 Å². The van der Waals surface area contributed by atoms with Gasteiger partial charge in [-0.05, 0) is 17.7 Å². The van der Waals surface area contributed by atoms with Gasteiger partial charge in [-0.3, -0.25) is 0 Å². The predicted molar refractivity (Wildman–Crippen MR) is 41.9 cm³/mol. The van der Waals surface area contributed by atoms with Gasteiger partial charge in [-0.25, -0.2) is 4.39 Å². The first-order valence-electron chi connectivity index (χ1n) is 3.60. The maximum Gasteiger partial charge on any atom is 0.123 e. The maximum absolute atomic E-state index is 12.4. The molecule has 0 aliphatic rings. The molecule has 0 aliphatic heterocycles. The molecule has 1 aromatic rings. The third kappa shape index (κ3) is 2.02. The minimum Gasteiger partial charge on any atom is -0.396 e. The van der Waals surface area contributed by atoms with Crippen molar-refractivity contribution < 1.29 is 9.50 Å². The standard InChI is InChI=1S/C9H11FO/c1-7(6-11)8-2-4-9(10)5-3-8/h2-5,7,11H,6H2,1H3/t7-/m0/s1. The van der Waals surface area contributed by atoms with Crippen LogP contribution in [0.25, 0.3) is 0 Å². The third-order valence-electron chi connectivity index (χ3n) is 1.71. The van der Waals surface area contributed by atoms with E-state index in [0.717, 1.165) is 5.56 Å². The summed E-state index contributed by atoms with van der Waals surface area (Å²) in [6, 6.07) is 6.19. The van der Waals surface area contributed by atoms with Crippen molar-refractivity contribution in [3.63, 3.8) is 0 Å². The lowest BCUT2D eigenvalue weighted by atomic mass is 10.0. The van der Waals surface area contributed by atoms with Crippen LogP contribution in [0.15, 0.2) is 24.3 Å². The van der Waals surface area contributed by atoms with Gasteiger partial charge < -0.3 is 5.11 Å². The minimum atomic E-state index is -0.237. The molecule has 1 aromatic carbocycles. The van der Waals surface area contributed by atoms with Crippen molar-refractivity contribution in [3.05, 3.63) is 35.6 Å². The molecule has 0 heterocycles. The van der Waals surface area contributed by atoms with Crippen molar-refractivity contribution in [1.29, 1.82) is 0 Å². The summed E-state index contributed by atoms with van der Waals surface area (Å²) in [7, 11) is 0. The lowest BCUT2D eigenvalue weighted by Crippen LogP contribution is -1.98. The van der Waals surface area contributed by atoms with E-state index in [1.807, 2.05) is 6.92 Å². The van der Waals surface area contributed by atoms with E-state index >= 15 is 0 Å². The molecule has 1 atom stereocenters. The molecular weight excluding hydrogens is 143 g/mol. The average molecular weight is 154 g/mol. The Morgan fingerprint density at radius 1 is 1.36 bits per heavy atom. The summed E-state index contributed by atoms with van der Waals surface area (Å²) in [5.74, 6) is -0.144. The molecule has 0 fully saturated rings. The minimum absolute atomic E-state index is 0.0931. The quantitative estimate of drug-likeness (QED) is 0.690. The van der Waals surface area contributed by atoms with E-state index in [1.54, 1.807) is 12.1 Å². The molecule has 0 spiro atoms. The smallest absolute Gasteiger partial charge is 0.123 e. The Labute approximate surface area is 65.5 Å². The van der Waals surface area contributed by atoms with E-state index in [4.69, 9.17) is 5.11 Å². The lowest BCUT2D eigenvalue weighted by Gasteiger charge is -2.06. The molecule has 11 heavy (non-hydrogen) atoms. The Morgan fingerprint density at radius 3 is 2.36 bits per heavy atom. The molecule has 0 radical (unpaired) electrons. The van der Waals surface area contributed by atoms with Gasteiger partial charge >= 0.3 is 0 Å². The zero-order valence-corrected chi connectivity index (χ0v) is 6.42. The molecule has 0 saturated heterocycles. The van der Waals surface area contributed by atoms with E-state index in [-0.39, 0.29) is 18.3 Å². The highest BCUT2D eigenvalue weighted by molar-refractivity contribution is 5.19. The number of aliphatic hydroxyl groups is 1. The fourth-order valence-corrected chi connectivity index (χ4v) is 0.897. The van der Waals surface area contributed by atoms with Gasteiger partial charge in [0.05, 0.1) is 0 Å². The first-order chi connectivity index (χ1) is 5.24. The van der Waals surface area contributed by atoms with Crippen LogP contribution in [0.3, 0.4) is 0 Å². The molecule has 0 bridgehead atoms. The van der Waals surface area contributed by atoms with Crippen LogP contribution in [0.1, 0.15) is 18.4 Å². The lowest BCUT2D eigenvalue weighted by molar-refractivity contribution is 0.273. The van der Waals surface area contributed by atoms with E-state index in [9.17, 15) is 4.39 Å². The van der Waals surface area contributed by atoms with Crippen LogP contribution in [0.5, 0.6) is 0 Å². The number of hydrogen-bond acceptors (Lipinski definition) is 1. The topological polar surface area (TPSA) is 20.2 Å². The van der Waals surface area contributed by atoms with Gasteiger partial charge in [-0.1, -0.05) is 19.1 Å². The van der Waals surface area contributed by atoms with Crippen LogP contribution < -0.4 is 0 Å². The number of rotatable bonds is 2. The van der Waals surface area contributed by atoms with Crippen molar-refractivity contribution in [2.45, 2.75) is 12.8 Å². The number of benzene rings is 1. The average Bonchev–Trinajstić information content (AvgIpc) is 2.05. The second-order valence-electron chi connectivity index (χ2n) is 2.64. The molecule has 60 valence electrons. The zero-order valence-electron chi connectivity index (χ0n) is 6.42. The summed E-state index contributed by atoms with van der Waals surface area (Å²) in [6.45, 7) is 2.00. The van der Waals surface area contributed by atoms with Crippen LogP contribution in [0.4, 0.5) is 4.39 Å². The van der Waals surface area contributed by atoms with Crippen molar-refractivity contribution in [2.75, 3.05) is 6.61 Å². The molecule has 0 saturated carbocycles. The Kier molecular flexibility index (Phi) is 2.60. The third-order valence-corrected chi connectivity index (χ3v) is 1.71. The Hall–Kier alpha value is -0.890. The summed E-state index contributed by atoms with van der Waals surface area (Å²) >= 11 is 0. The predicted octanol–water partition coefficient (Wildman–Crippen LogP) is 1.92. The molecule has 1 rings (SSSR count).